The summed E-state index contributed by atoms with van der Waals surface area (Å²) in [6.07, 6.45) is 24.7. The minimum Gasteiger partial charge on any atom is -1.00 e. The Morgan fingerprint density at radius 1 is 0.682 bits per heavy atom. The van der Waals surface area contributed by atoms with E-state index in [1.165, 1.54) is 89.9 Å². The number of likely N-dealkylation sites (N-methyl/N-ethyl adjacent to an activating group) is 1. The van der Waals surface area contributed by atoms with Gasteiger partial charge >= 0.3 is 6.01 Å². The summed E-state index contributed by atoms with van der Waals surface area (Å²) >= 11 is -1.36. The standard InChI is InChI=1S/C34H66N3O5S.ClH/c1-6-7-8-9-10-11-12-13-14-15-16-17-18-19-20-21-26-41-32-34(2,42-33-35-23-22-24-36-33)43(38)31-30-40-29-28-39-27-25-37(3,4)5;/h22-24H,6-21,25-32H2,1-5H3;1H/q+1;/p-1. The zero-order valence-electron chi connectivity index (χ0n) is 28.9. The van der Waals surface area contributed by atoms with Crippen LogP contribution in [-0.2, 0) is 25.4 Å². The Kier molecular flexibility index (Phi) is 28.1. The van der Waals surface area contributed by atoms with Gasteiger partial charge in [0.15, 0.2) is 0 Å². The van der Waals surface area contributed by atoms with E-state index in [4.69, 9.17) is 18.9 Å². The van der Waals surface area contributed by atoms with Crippen molar-refractivity contribution < 1.29 is 40.4 Å². The van der Waals surface area contributed by atoms with E-state index >= 15 is 0 Å². The lowest BCUT2D eigenvalue weighted by atomic mass is 10.0. The summed E-state index contributed by atoms with van der Waals surface area (Å²) in [5.74, 6) is 0.338. The molecule has 0 spiro atoms. The summed E-state index contributed by atoms with van der Waals surface area (Å²) in [6.45, 7) is 7.93. The van der Waals surface area contributed by atoms with Crippen LogP contribution >= 0.6 is 0 Å². The summed E-state index contributed by atoms with van der Waals surface area (Å²) < 4.78 is 37.4. The Bertz CT molecular complexity index is 747. The fourth-order valence-electron chi connectivity index (χ4n) is 4.69. The number of unbranched alkanes of at least 4 members (excludes halogenated alkanes) is 15. The van der Waals surface area contributed by atoms with Crippen molar-refractivity contribution in [2.45, 2.75) is 122 Å². The van der Waals surface area contributed by atoms with E-state index in [2.05, 4.69) is 38.0 Å². The summed E-state index contributed by atoms with van der Waals surface area (Å²) in [5.41, 5.74) is 0. The van der Waals surface area contributed by atoms with E-state index in [0.29, 0.717) is 38.8 Å². The fraction of sp³-hybridized carbons (Fsp3) is 0.882. The second kappa shape index (κ2) is 28.5. The SMILES string of the molecule is CCCCCCCCCCCCCCCCCCOCC(C)(Oc1ncccn1)[S+]([O-])CCOCCOCC[N+](C)(C)C.[Cl-]. The van der Waals surface area contributed by atoms with Crippen LogP contribution in [0.15, 0.2) is 18.5 Å². The van der Waals surface area contributed by atoms with Gasteiger partial charge in [0.25, 0.3) is 4.93 Å². The molecule has 44 heavy (non-hydrogen) atoms. The third-order valence-electron chi connectivity index (χ3n) is 7.53. The van der Waals surface area contributed by atoms with E-state index in [-0.39, 0.29) is 25.0 Å². The second-order valence-electron chi connectivity index (χ2n) is 12.9. The van der Waals surface area contributed by atoms with Gasteiger partial charge in [0.1, 0.15) is 18.9 Å². The van der Waals surface area contributed by atoms with Crippen molar-refractivity contribution in [1.82, 2.24) is 9.97 Å². The van der Waals surface area contributed by atoms with Gasteiger partial charge in [0.05, 0.1) is 47.6 Å². The highest BCUT2D eigenvalue weighted by Gasteiger charge is 2.41. The molecular formula is C34H66ClN3O5S. The first-order valence-electron chi connectivity index (χ1n) is 17.1. The van der Waals surface area contributed by atoms with Gasteiger partial charge in [-0.2, -0.15) is 0 Å². The molecule has 0 amide bonds. The summed E-state index contributed by atoms with van der Waals surface area (Å²) in [7, 11) is 6.42. The molecule has 0 aliphatic rings. The number of nitrogens with zero attached hydrogens (tertiary/aromatic N) is 3. The van der Waals surface area contributed by atoms with Crippen molar-refractivity contribution in [1.29, 1.82) is 0 Å². The van der Waals surface area contributed by atoms with Crippen LogP contribution in [0, 0.1) is 0 Å². The van der Waals surface area contributed by atoms with Crippen LogP contribution in [0.5, 0.6) is 6.01 Å². The van der Waals surface area contributed by atoms with Gasteiger partial charge in [0.2, 0.25) is 0 Å². The Morgan fingerprint density at radius 2 is 1.16 bits per heavy atom. The monoisotopic (exact) mass is 663 g/mol. The second-order valence-corrected chi connectivity index (χ2v) is 14.9. The molecule has 1 heterocycles. The smallest absolute Gasteiger partial charge is 0.320 e. The first-order chi connectivity index (χ1) is 20.8. The minimum absolute atomic E-state index is 0. The number of quaternary nitrogens is 1. The maximum Gasteiger partial charge on any atom is 0.320 e. The molecular weight excluding hydrogens is 598 g/mol. The molecule has 0 saturated carbocycles. The third kappa shape index (κ3) is 25.5. The molecule has 0 aromatic carbocycles. The zero-order valence-corrected chi connectivity index (χ0v) is 30.4. The molecule has 0 aliphatic carbocycles. The van der Waals surface area contributed by atoms with Crippen LogP contribution in [0.3, 0.4) is 0 Å². The minimum atomic E-state index is -1.36. The molecule has 1 aromatic rings. The molecule has 260 valence electrons. The molecule has 2 atom stereocenters. The van der Waals surface area contributed by atoms with E-state index in [1.807, 2.05) is 0 Å². The zero-order chi connectivity index (χ0) is 31.5. The lowest BCUT2D eigenvalue weighted by Crippen LogP contribution is -3.00. The fourth-order valence-corrected chi connectivity index (χ4v) is 5.78. The van der Waals surface area contributed by atoms with Crippen molar-refractivity contribution >= 4 is 11.2 Å². The Morgan fingerprint density at radius 3 is 1.66 bits per heavy atom. The van der Waals surface area contributed by atoms with E-state index in [0.717, 1.165) is 23.9 Å². The number of ether oxygens (including phenoxy) is 4. The molecule has 0 aliphatic heterocycles. The number of halogens is 1. The van der Waals surface area contributed by atoms with Gasteiger partial charge in [-0.1, -0.05) is 103 Å². The number of aromatic nitrogens is 2. The van der Waals surface area contributed by atoms with E-state index in [9.17, 15) is 4.55 Å². The molecule has 0 radical (unpaired) electrons. The van der Waals surface area contributed by atoms with Crippen LogP contribution < -0.4 is 17.1 Å². The predicted molar refractivity (Wildman–Crippen MR) is 179 cm³/mol. The first kappa shape index (κ1) is 43.3. The van der Waals surface area contributed by atoms with Crippen molar-refractivity contribution in [3.8, 4) is 6.01 Å². The highest BCUT2D eigenvalue weighted by atomic mass is 35.5. The quantitative estimate of drug-likeness (QED) is 0.0664. The maximum absolute atomic E-state index is 13.3. The molecule has 10 heteroatoms. The molecule has 0 fully saturated rings. The predicted octanol–water partition coefficient (Wildman–Crippen LogP) is 4.34. The average molecular weight is 664 g/mol. The molecule has 0 N–H and O–H groups in total. The number of rotatable bonds is 31. The summed E-state index contributed by atoms with van der Waals surface area (Å²) in [4.78, 5) is 7.26. The van der Waals surface area contributed by atoms with Crippen molar-refractivity contribution in [3.05, 3.63) is 18.5 Å². The molecule has 1 rings (SSSR count). The van der Waals surface area contributed by atoms with Gasteiger partial charge in [-0.05, 0) is 23.7 Å². The lowest BCUT2D eigenvalue weighted by molar-refractivity contribution is -0.870. The number of hydrogen-bond acceptors (Lipinski definition) is 7. The van der Waals surface area contributed by atoms with Crippen LogP contribution in [0.25, 0.3) is 0 Å². The van der Waals surface area contributed by atoms with Crippen molar-refractivity contribution in [2.24, 2.45) is 0 Å². The molecule has 0 saturated heterocycles. The highest BCUT2D eigenvalue weighted by Crippen LogP contribution is 2.23. The first-order valence-corrected chi connectivity index (χ1v) is 18.5. The van der Waals surface area contributed by atoms with Gasteiger partial charge in [-0.3, -0.25) is 0 Å². The molecule has 0 bridgehead atoms. The van der Waals surface area contributed by atoms with Crippen molar-refractivity contribution in [2.75, 3.05) is 73.1 Å². The van der Waals surface area contributed by atoms with Gasteiger partial charge < -0.3 is 40.4 Å². The van der Waals surface area contributed by atoms with Crippen LogP contribution in [0.1, 0.15) is 117 Å². The summed E-state index contributed by atoms with van der Waals surface area (Å²) in [5, 5.41) is 0. The Balaban J connectivity index is 0.0000185. The van der Waals surface area contributed by atoms with Crippen LogP contribution in [0.2, 0.25) is 0 Å². The molecule has 8 nitrogen and oxygen atoms in total. The average Bonchev–Trinajstić information content (AvgIpc) is 2.97. The Hall–Kier alpha value is -0.680. The third-order valence-corrected chi connectivity index (χ3v) is 9.23. The van der Waals surface area contributed by atoms with Crippen LogP contribution in [0.4, 0.5) is 0 Å². The van der Waals surface area contributed by atoms with E-state index < -0.39 is 16.1 Å². The normalized spacial score (nSPS) is 13.8. The maximum atomic E-state index is 13.3. The van der Waals surface area contributed by atoms with Gasteiger partial charge in [-0.15, -0.1) is 0 Å². The van der Waals surface area contributed by atoms with Gasteiger partial charge in [-0.25, -0.2) is 9.97 Å². The molecule has 2 unspecified atom stereocenters. The molecule has 1 aromatic heterocycles. The summed E-state index contributed by atoms with van der Waals surface area (Å²) in [6, 6.07) is 1.93. The number of hydrogen-bond donors (Lipinski definition) is 0. The van der Waals surface area contributed by atoms with Crippen molar-refractivity contribution in [3.63, 3.8) is 0 Å². The van der Waals surface area contributed by atoms with Crippen LogP contribution in [-0.4, -0.2) is 97.0 Å². The largest absolute Gasteiger partial charge is 1.00 e. The topological polar surface area (TPSA) is 85.8 Å². The lowest BCUT2D eigenvalue weighted by Gasteiger charge is -2.31. The van der Waals surface area contributed by atoms with Gasteiger partial charge in [0, 0.05) is 25.9 Å². The highest BCUT2D eigenvalue weighted by molar-refractivity contribution is 7.92. The van der Waals surface area contributed by atoms with E-state index in [1.54, 1.807) is 25.4 Å². The Labute approximate surface area is 279 Å².